The Balaban J connectivity index is 2.17. The monoisotopic (exact) mass is 270 g/mol. The Morgan fingerprint density at radius 3 is 2.72 bits per heavy atom. The van der Waals surface area contributed by atoms with E-state index in [1.165, 1.54) is 0 Å². The average Bonchev–Trinajstić information content (AvgIpc) is 2.74. The van der Waals surface area contributed by atoms with Gasteiger partial charge < -0.3 is 14.9 Å². The molecule has 18 heavy (non-hydrogen) atoms. The second kappa shape index (κ2) is 5.69. The quantitative estimate of drug-likeness (QED) is 0.872. The van der Waals surface area contributed by atoms with Crippen molar-refractivity contribution in [1.29, 1.82) is 0 Å². The normalized spacial score (nSPS) is 25.0. The predicted octanol–water partition coefficient (Wildman–Crippen LogP) is 1.59. The molecule has 3 unspecified atom stereocenters. The zero-order chi connectivity index (χ0) is 13.1. The molecule has 0 aromatic heterocycles. The first-order valence-electron chi connectivity index (χ1n) is 5.81. The van der Waals surface area contributed by atoms with Gasteiger partial charge >= 0.3 is 5.97 Å². The van der Waals surface area contributed by atoms with E-state index in [4.69, 9.17) is 16.3 Å². The number of ether oxygens (including phenoxy) is 1. The molecule has 0 saturated carbocycles. The molecule has 1 aromatic rings. The zero-order valence-corrected chi connectivity index (χ0v) is 10.5. The van der Waals surface area contributed by atoms with Crippen molar-refractivity contribution in [2.75, 3.05) is 13.2 Å². The Bertz CT molecular complexity index is 435. The van der Waals surface area contributed by atoms with E-state index in [0.29, 0.717) is 11.4 Å². The van der Waals surface area contributed by atoms with Gasteiger partial charge in [0.05, 0.1) is 25.2 Å². The summed E-state index contributed by atoms with van der Waals surface area (Å²) in [6.07, 6.45) is -0.409. The highest BCUT2D eigenvalue weighted by Gasteiger charge is 2.37. The summed E-state index contributed by atoms with van der Waals surface area (Å²) in [5.41, 5.74) is 0.783. The zero-order valence-electron chi connectivity index (χ0n) is 9.75. The lowest BCUT2D eigenvalue weighted by atomic mass is 9.85. The second-order valence-corrected chi connectivity index (χ2v) is 4.92. The standard InChI is InChI=1S/C13H15ClO4/c14-11-4-2-1-3-8(11)5-9(13(16)17)10-6-18-7-12(10)15/h1-4,9-10,12,15H,5-7H2,(H,16,17). The number of carboxylic acid groups (broad SMARTS) is 1. The highest BCUT2D eigenvalue weighted by Crippen LogP contribution is 2.28. The molecule has 0 amide bonds. The van der Waals surface area contributed by atoms with E-state index in [2.05, 4.69) is 0 Å². The van der Waals surface area contributed by atoms with Crippen molar-refractivity contribution in [2.45, 2.75) is 12.5 Å². The number of rotatable bonds is 4. The van der Waals surface area contributed by atoms with E-state index in [1.54, 1.807) is 18.2 Å². The summed E-state index contributed by atoms with van der Waals surface area (Å²) in [5, 5.41) is 19.6. The van der Waals surface area contributed by atoms with Crippen LogP contribution in [0.3, 0.4) is 0 Å². The van der Waals surface area contributed by atoms with Gasteiger partial charge in [-0.05, 0) is 18.1 Å². The first-order valence-corrected chi connectivity index (χ1v) is 6.19. The highest BCUT2D eigenvalue weighted by molar-refractivity contribution is 6.31. The molecule has 3 atom stereocenters. The summed E-state index contributed by atoms with van der Waals surface area (Å²) < 4.78 is 5.12. The van der Waals surface area contributed by atoms with Gasteiger partial charge in [0.15, 0.2) is 0 Å². The van der Waals surface area contributed by atoms with Crippen molar-refractivity contribution in [3.05, 3.63) is 34.9 Å². The maximum atomic E-state index is 11.3. The molecule has 2 rings (SSSR count). The number of halogens is 1. The van der Waals surface area contributed by atoms with Crippen molar-refractivity contribution < 1.29 is 19.7 Å². The third kappa shape index (κ3) is 2.83. The molecular formula is C13H15ClO4. The molecule has 5 heteroatoms. The van der Waals surface area contributed by atoms with Gasteiger partial charge in [0, 0.05) is 10.9 Å². The van der Waals surface area contributed by atoms with Gasteiger partial charge in [-0.15, -0.1) is 0 Å². The fourth-order valence-corrected chi connectivity index (χ4v) is 2.48. The first kappa shape index (κ1) is 13.3. The van der Waals surface area contributed by atoms with E-state index in [9.17, 15) is 15.0 Å². The number of aliphatic hydroxyl groups is 1. The minimum atomic E-state index is -0.926. The fourth-order valence-electron chi connectivity index (χ4n) is 2.27. The second-order valence-electron chi connectivity index (χ2n) is 4.51. The molecule has 0 aliphatic carbocycles. The van der Waals surface area contributed by atoms with Gasteiger partial charge in [0.25, 0.3) is 0 Å². The lowest BCUT2D eigenvalue weighted by Crippen LogP contribution is -2.33. The number of carbonyl (C=O) groups is 1. The van der Waals surface area contributed by atoms with Crippen molar-refractivity contribution >= 4 is 17.6 Å². The van der Waals surface area contributed by atoms with Crippen LogP contribution in [-0.2, 0) is 16.0 Å². The molecule has 2 N–H and O–H groups in total. The molecule has 0 spiro atoms. The molecule has 1 aliphatic heterocycles. The van der Waals surface area contributed by atoms with E-state index in [-0.39, 0.29) is 19.1 Å². The molecule has 1 fully saturated rings. The van der Waals surface area contributed by atoms with Gasteiger partial charge in [-0.25, -0.2) is 0 Å². The Hall–Kier alpha value is -1.10. The van der Waals surface area contributed by atoms with Crippen LogP contribution in [0.4, 0.5) is 0 Å². The molecule has 98 valence electrons. The lowest BCUT2D eigenvalue weighted by molar-refractivity contribution is -0.144. The SMILES string of the molecule is O=C(O)C(Cc1ccccc1Cl)C1COCC1O. The Labute approximate surface area is 110 Å². The van der Waals surface area contributed by atoms with Gasteiger partial charge in [-0.3, -0.25) is 4.79 Å². The molecule has 1 aliphatic rings. The van der Waals surface area contributed by atoms with Crippen LogP contribution in [0.1, 0.15) is 5.56 Å². The van der Waals surface area contributed by atoms with Crippen molar-refractivity contribution in [2.24, 2.45) is 11.8 Å². The van der Waals surface area contributed by atoms with Crippen LogP contribution in [0.5, 0.6) is 0 Å². The molecule has 0 radical (unpaired) electrons. The molecule has 1 heterocycles. The van der Waals surface area contributed by atoms with E-state index in [0.717, 1.165) is 5.56 Å². The number of hydrogen-bond donors (Lipinski definition) is 2. The number of aliphatic hydroxyl groups excluding tert-OH is 1. The van der Waals surface area contributed by atoms with Crippen molar-refractivity contribution in [3.8, 4) is 0 Å². The minimum absolute atomic E-state index is 0.205. The molecule has 1 aromatic carbocycles. The third-order valence-corrected chi connectivity index (χ3v) is 3.69. The number of benzene rings is 1. The maximum Gasteiger partial charge on any atom is 0.307 e. The van der Waals surface area contributed by atoms with Crippen LogP contribution in [0.2, 0.25) is 5.02 Å². The van der Waals surface area contributed by atoms with E-state index >= 15 is 0 Å². The summed E-state index contributed by atoms with van der Waals surface area (Å²) in [4.78, 5) is 11.3. The van der Waals surface area contributed by atoms with Crippen LogP contribution in [0, 0.1) is 11.8 Å². The van der Waals surface area contributed by atoms with Gasteiger partial charge in [-0.2, -0.15) is 0 Å². The van der Waals surface area contributed by atoms with Crippen LogP contribution in [0.25, 0.3) is 0 Å². The van der Waals surface area contributed by atoms with Gasteiger partial charge in [-0.1, -0.05) is 29.8 Å². The van der Waals surface area contributed by atoms with Crippen LogP contribution in [0.15, 0.2) is 24.3 Å². The Morgan fingerprint density at radius 2 is 2.17 bits per heavy atom. The van der Waals surface area contributed by atoms with Crippen LogP contribution < -0.4 is 0 Å². The summed E-state index contributed by atoms with van der Waals surface area (Å²) in [6.45, 7) is 0.486. The molecule has 1 saturated heterocycles. The number of hydrogen-bond acceptors (Lipinski definition) is 3. The summed E-state index contributed by atoms with van der Waals surface area (Å²) in [7, 11) is 0. The minimum Gasteiger partial charge on any atom is -0.481 e. The Morgan fingerprint density at radius 1 is 1.44 bits per heavy atom. The third-order valence-electron chi connectivity index (χ3n) is 3.32. The van der Waals surface area contributed by atoms with E-state index < -0.39 is 18.0 Å². The number of carboxylic acids is 1. The summed E-state index contributed by atoms with van der Waals surface area (Å²) in [6, 6.07) is 7.16. The summed E-state index contributed by atoms with van der Waals surface area (Å²) >= 11 is 6.03. The smallest absolute Gasteiger partial charge is 0.307 e. The summed E-state index contributed by atoms with van der Waals surface area (Å²) in [5.74, 6) is -1.98. The largest absolute Gasteiger partial charge is 0.481 e. The van der Waals surface area contributed by atoms with E-state index in [1.807, 2.05) is 6.07 Å². The lowest BCUT2D eigenvalue weighted by Gasteiger charge is -2.21. The van der Waals surface area contributed by atoms with Gasteiger partial charge in [0.1, 0.15) is 0 Å². The fraction of sp³-hybridized carbons (Fsp3) is 0.462. The molecular weight excluding hydrogens is 256 g/mol. The predicted molar refractivity (Wildman–Crippen MR) is 66.6 cm³/mol. The highest BCUT2D eigenvalue weighted by atomic mass is 35.5. The molecule has 4 nitrogen and oxygen atoms in total. The Kier molecular flexibility index (Phi) is 4.22. The number of aliphatic carboxylic acids is 1. The topological polar surface area (TPSA) is 66.8 Å². The first-order chi connectivity index (χ1) is 8.59. The maximum absolute atomic E-state index is 11.3. The van der Waals surface area contributed by atoms with Crippen LogP contribution >= 0.6 is 11.6 Å². The average molecular weight is 271 g/mol. The van der Waals surface area contributed by atoms with Gasteiger partial charge in [0.2, 0.25) is 0 Å². The molecule has 0 bridgehead atoms. The van der Waals surface area contributed by atoms with Crippen LogP contribution in [-0.4, -0.2) is 35.5 Å². The van der Waals surface area contributed by atoms with Crippen molar-refractivity contribution in [3.63, 3.8) is 0 Å². The van der Waals surface area contributed by atoms with Crippen molar-refractivity contribution in [1.82, 2.24) is 0 Å².